The molecule has 3 aromatic rings. The van der Waals surface area contributed by atoms with Crippen molar-refractivity contribution in [1.82, 2.24) is 14.8 Å². The molecule has 0 amide bonds. The first-order chi connectivity index (χ1) is 18.9. The summed E-state index contributed by atoms with van der Waals surface area (Å²) in [5.41, 5.74) is 3.95. The number of para-hydroxylation sites is 2. The zero-order valence-electron chi connectivity index (χ0n) is 22.7. The van der Waals surface area contributed by atoms with Gasteiger partial charge in [0.25, 0.3) is 0 Å². The summed E-state index contributed by atoms with van der Waals surface area (Å²) in [7, 11) is 0. The number of hydrogen-bond donors (Lipinski definition) is 1. The highest BCUT2D eigenvalue weighted by Gasteiger charge is 2.22. The molecule has 1 N–H and O–H groups in total. The molecule has 1 atom stereocenters. The number of β-amino-alcohol motifs (C(OH)–C–C–N with tert-alkyl or cyclic N) is 1. The maximum absolute atomic E-state index is 12.7. The second kappa shape index (κ2) is 14.0. The summed E-state index contributed by atoms with van der Waals surface area (Å²) in [6, 6.07) is 16.7. The summed E-state index contributed by atoms with van der Waals surface area (Å²) in [4.78, 5) is 33.4. The Hall–Kier alpha value is -3.59. The van der Waals surface area contributed by atoms with Crippen LogP contribution in [0, 0.1) is 13.8 Å². The number of aliphatic hydroxyl groups excluding tert-OH is 1. The topological polar surface area (TPSA) is 92.2 Å². The van der Waals surface area contributed by atoms with Gasteiger partial charge < -0.3 is 14.6 Å². The monoisotopic (exact) mass is 531 g/mol. The Morgan fingerprint density at radius 1 is 0.897 bits per heavy atom. The number of pyridine rings is 1. The molecule has 2 aromatic carbocycles. The quantitative estimate of drug-likeness (QED) is 0.337. The molecule has 1 fully saturated rings. The minimum absolute atomic E-state index is 0.103. The third kappa shape index (κ3) is 8.45. The molecule has 1 aliphatic heterocycles. The Morgan fingerprint density at radius 3 is 2.23 bits per heavy atom. The van der Waals surface area contributed by atoms with Crippen molar-refractivity contribution >= 4 is 11.6 Å². The van der Waals surface area contributed by atoms with Gasteiger partial charge in [-0.2, -0.15) is 0 Å². The van der Waals surface area contributed by atoms with Gasteiger partial charge in [-0.05, 0) is 54.8 Å². The molecule has 0 spiro atoms. The standard InChI is InChI=1S/C31H37N3O5/c1-23-7-5-8-24(2)28(23)17-26(35)19-33-13-15-34(16-14-33)20-27(36)21-38-30-10-3-4-11-31(30)39-22-29(37)25-9-6-12-32-18-25/h3-12,18,27,36H,13-17,19-22H2,1-2H3. The predicted molar refractivity (Wildman–Crippen MR) is 150 cm³/mol. The molecule has 1 aromatic heterocycles. The summed E-state index contributed by atoms with van der Waals surface area (Å²) in [5, 5.41) is 10.6. The van der Waals surface area contributed by atoms with Crippen molar-refractivity contribution in [2.45, 2.75) is 26.4 Å². The van der Waals surface area contributed by atoms with E-state index in [1.54, 1.807) is 36.5 Å². The van der Waals surface area contributed by atoms with Crippen LogP contribution in [0.5, 0.6) is 11.5 Å². The summed E-state index contributed by atoms with van der Waals surface area (Å²) in [6.45, 7) is 8.15. The number of hydrogen-bond acceptors (Lipinski definition) is 8. The second-order valence-corrected chi connectivity index (χ2v) is 10.0. The van der Waals surface area contributed by atoms with Crippen LogP contribution in [0.2, 0.25) is 0 Å². The van der Waals surface area contributed by atoms with E-state index in [2.05, 4.69) is 40.8 Å². The highest BCUT2D eigenvalue weighted by molar-refractivity contribution is 5.96. The average Bonchev–Trinajstić information content (AvgIpc) is 2.94. The zero-order valence-corrected chi connectivity index (χ0v) is 22.7. The minimum atomic E-state index is -0.688. The van der Waals surface area contributed by atoms with Gasteiger partial charge >= 0.3 is 0 Å². The van der Waals surface area contributed by atoms with E-state index in [-0.39, 0.29) is 24.8 Å². The van der Waals surface area contributed by atoms with Crippen molar-refractivity contribution in [3.63, 3.8) is 0 Å². The van der Waals surface area contributed by atoms with Gasteiger partial charge in [-0.1, -0.05) is 30.3 Å². The van der Waals surface area contributed by atoms with E-state index in [4.69, 9.17) is 9.47 Å². The molecule has 0 bridgehead atoms. The Morgan fingerprint density at radius 2 is 1.56 bits per heavy atom. The normalized spacial score (nSPS) is 15.1. The number of rotatable bonds is 13. The molecule has 1 aliphatic rings. The number of aliphatic hydroxyl groups is 1. The first-order valence-corrected chi connectivity index (χ1v) is 13.4. The van der Waals surface area contributed by atoms with Crippen LogP contribution in [0.3, 0.4) is 0 Å². The van der Waals surface area contributed by atoms with Crippen LogP contribution in [0.1, 0.15) is 27.0 Å². The van der Waals surface area contributed by atoms with Gasteiger partial charge in [0.1, 0.15) is 12.7 Å². The van der Waals surface area contributed by atoms with Crippen LogP contribution in [-0.4, -0.2) is 90.0 Å². The summed E-state index contributed by atoms with van der Waals surface area (Å²) in [6.07, 6.45) is 2.90. The summed E-state index contributed by atoms with van der Waals surface area (Å²) in [5.74, 6) is 0.977. The van der Waals surface area contributed by atoms with Crippen LogP contribution in [0.15, 0.2) is 67.0 Å². The van der Waals surface area contributed by atoms with Crippen molar-refractivity contribution in [2.24, 2.45) is 0 Å². The lowest BCUT2D eigenvalue weighted by atomic mass is 9.98. The number of nitrogens with zero attached hydrogens (tertiary/aromatic N) is 3. The van der Waals surface area contributed by atoms with Gasteiger partial charge in [-0.3, -0.25) is 24.4 Å². The molecule has 8 nitrogen and oxygen atoms in total. The lowest BCUT2D eigenvalue weighted by Gasteiger charge is -2.35. The SMILES string of the molecule is Cc1cccc(C)c1CC(=O)CN1CCN(CC(O)COc2ccccc2OCC(=O)c2cccnc2)CC1. The molecule has 206 valence electrons. The fourth-order valence-electron chi connectivity index (χ4n) is 4.74. The van der Waals surface area contributed by atoms with Crippen molar-refractivity contribution in [1.29, 1.82) is 0 Å². The number of carbonyl (C=O) groups excluding carboxylic acids is 2. The van der Waals surface area contributed by atoms with Crippen LogP contribution >= 0.6 is 0 Å². The van der Waals surface area contributed by atoms with Gasteiger partial charge in [0.2, 0.25) is 5.78 Å². The number of benzene rings is 2. The molecule has 8 heteroatoms. The zero-order chi connectivity index (χ0) is 27.6. The van der Waals surface area contributed by atoms with Crippen molar-refractivity contribution in [2.75, 3.05) is 52.5 Å². The first kappa shape index (κ1) is 28.4. The Bertz CT molecular complexity index is 1220. The minimum Gasteiger partial charge on any atom is -0.487 e. The lowest BCUT2D eigenvalue weighted by Crippen LogP contribution is -2.50. The largest absolute Gasteiger partial charge is 0.487 e. The van der Waals surface area contributed by atoms with Crippen molar-refractivity contribution < 1.29 is 24.2 Å². The van der Waals surface area contributed by atoms with Crippen LogP contribution in [0.25, 0.3) is 0 Å². The first-order valence-electron chi connectivity index (χ1n) is 13.4. The fraction of sp³-hybridized carbons (Fsp3) is 0.387. The van der Waals surface area contributed by atoms with Gasteiger partial charge in [0, 0.05) is 57.1 Å². The third-order valence-corrected chi connectivity index (χ3v) is 6.97. The Balaban J connectivity index is 1.18. The highest BCUT2D eigenvalue weighted by Crippen LogP contribution is 2.27. The molecule has 0 aliphatic carbocycles. The van der Waals surface area contributed by atoms with E-state index in [1.807, 2.05) is 12.1 Å². The van der Waals surface area contributed by atoms with Gasteiger partial charge in [-0.15, -0.1) is 0 Å². The molecule has 4 rings (SSSR count). The van der Waals surface area contributed by atoms with Crippen LogP contribution in [0.4, 0.5) is 0 Å². The molecule has 1 unspecified atom stereocenters. The number of ether oxygens (including phenoxy) is 2. The number of ketones is 2. The smallest absolute Gasteiger partial charge is 0.201 e. The lowest BCUT2D eigenvalue weighted by molar-refractivity contribution is -0.120. The third-order valence-electron chi connectivity index (χ3n) is 6.97. The van der Waals surface area contributed by atoms with E-state index in [0.29, 0.717) is 36.6 Å². The number of Topliss-reactive ketones (excluding diaryl/α,β-unsaturated/α-hetero) is 2. The van der Waals surface area contributed by atoms with Gasteiger partial charge in [-0.25, -0.2) is 0 Å². The predicted octanol–water partition coefficient (Wildman–Crippen LogP) is 3.13. The number of aryl methyl sites for hydroxylation is 2. The molecule has 2 heterocycles. The molecule has 0 saturated carbocycles. The fourth-order valence-corrected chi connectivity index (χ4v) is 4.74. The van der Waals surface area contributed by atoms with E-state index >= 15 is 0 Å². The number of piperazine rings is 1. The Kier molecular flexibility index (Phi) is 10.2. The van der Waals surface area contributed by atoms with Crippen LogP contribution in [-0.2, 0) is 11.2 Å². The Labute approximate surface area is 230 Å². The number of carbonyl (C=O) groups is 2. The molecule has 0 radical (unpaired) electrons. The van der Waals surface area contributed by atoms with Crippen LogP contribution < -0.4 is 9.47 Å². The maximum atomic E-state index is 12.7. The molecule has 39 heavy (non-hydrogen) atoms. The van der Waals surface area contributed by atoms with E-state index in [0.717, 1.165) is 42.9 Å². The molecule has 1 saturated heterocycles. The molecular weight excluding hydrogens is 494 g/mol. The van der Waals surface area contributed by atoms with E-state index in [9.17, 15) is 14.7 Å². The second-order valence-electron chi connectivity index (χ2n) is 10.0. The molecular formula is C31H37N3O5. The summed E-state index contributed by atoms with van der Waals surface area (Å²) >= 11 is 0. The number of aromatic nitrogens is 1. The average molecular weight is 532 g/mol. The highest BCUT2D eigenvalue weighted by atomic mass is 16.5. The van der Waals surface area contributed by atoms with Crippen molar-refractivity contribution in [3.8, 4) is 11.5 Å². The maximum Gasteiger partial charge on any atom is 0.201 e. The van der Waals surface area contributed by atoms with Gasteiger partial charge in [0.15, 0.2) is 23.9 Å². The summed E-state index contributed by atoms with van der Waals surface area (Å²) < 4.78 is 11.5. The van der Waals surface area contributed by atoms with Crippen molar-refractivity contribution in [3.05, 3.63) is 89.2 Å². The van der Waals surface area contributed by atoms with E-state index < -0.39 is 6.10 Å². The van der Waals surface area contributed by atoms with Gasteiger partial charge in [0.05, 0.1) is 6.54 Å². The van der Waals surface area contributed by atoms with E-state index in [1.165, 1.54) is 6.20 Å².